The molecule has 1 aromatic carbocycles. The summed E-state index contributed by atoms with van der Waals surface area (Å²) in [6.45, 7) is 0.691. The number of halogens is 2. The average Bonchev–Trinajstić information content (AvgIpc) is 2.55. The molecule has 0 saturated carbocycles. The Hall–Kier alpha value is -1.03. The summed E-state index contributed by atoms with van der Waals surface area (Å²) < 4.78 is 25.1. The van der Waals surface area contributed by atoms with E-state index in [0.717, 1.165) is 34.3 Å². The van der Waals surface area contributed by atoms with Crippen molar-refractivity contribution in [1.82, 2.24) is 9.21 Å². The predicted octanol–water partition coefficient (Wildman–Crippen LogP) is 3.87. The van der Waals surface area contributed by atoms with Crippen molar-refractivity contribution in [2.24, 2.45) is 10.2 Å². The van der Waals surface area contributed by atoms with Crippen molar-refractivity contribution in [3.63, 3.8) is 0 Å². The number of sulfonamides is 1. The Balaban J connectivity index is 2.10. The van der Waals surface area contributed by atoms with Gasteiger partial charge >= 0.3 is 0 Å². The Kier molecular flexibility index (Phi) is 6.95. The Labute approximate surface area is 161 Å². The molecule has 1 atom stereocenters. The maximum absolute atomic E-state index is 11.6. The van der Waals surface area contributed by atoms with Crippen molar-refractivity contribution in [1.29, 1.82) is 5.41 Å². The molecule has 2 rings (SSSR count). The Morgan fingerprint density at radius 3 is 2.84 bits per heavy atom. The summed E-state index contributed by atoms with van der Waals surface area (Å²) in [4.78, 5) is 1.81. The second-order valence-corrected chi connectivity index (χ2v) is 9.30. The van der Waals surface area contributed by atoms with Crippen LogP contribution in [0.5, 0.6) is 0 Å². The smallest absolute Gasteiger partial charge is 0.211 e. The van der Waals surface area contributed by atoms with Gasteiger partial charge in [0.2, 0.25) is 10.0 Å². The van der Waals surface area contributed by atoms with Crippen LogP contribution in [0.1, 0.15) is 19.3 Å². The van der Waals surface area contributed by atoms with Crippen LogP contribution in [0.25, 0.3) is 0 Å². The fraction of sp³-hybridized carbons (Fsp3) is 0.533. The van der Waals surface area contributed by atoms with Crippen molar-refractivity contribution in [2.45, 2.75) is 25.4 Å². The van der Waals surface area contributed by atoms with Crippen molar-refractivity contribution >= 4 is 49.1 Å². The van der Waals surface area contributed by atoms with Gasteiger partial charge in [-0.25, -0.2) is 8.42 Å². The highest BCUT2D eigenvalue weighted by atomic mass is 79.9. The van der Waals surface area contributed by atoms with Crippen LogP contribution >= 0.6 is 27.5 Å². The Morgan fingerprint density at radius 2 is 2.20 bits per heavy atom. The molecule has 10 heteroatoms. The second-order valence-electron chi connectivity index (χ2n) is 5.95. The van der Waals surface area contributed by atoms with Crippen LogP contribution in [-0.2, 0) is 10.0 Å². The highest BCUT2D eigenvalue weighted by molar-refractivity contribution is 9.10. The van der Waals surface area contributed by atoms with Gasteiger partial charge in [0, 0.05) is 18.1 Å². The van der Waals surface area contributed by atoms with E-state index in [-0.39, 0.29) is 18.5 Å². The number of hydrogen-bond donors (Lipinski definition) is 1. The zero-order valence-electron chi connectivity index (χ0n) is 14.1. The molecule has 0 bridgehead atoms. The maximum atomic E-state index is 11.6. The number of nitrogens with zero attached hydrogens (tertiary/aromatic N) is 4. The molecule has 7 nitrogen and oxygen atoms in total. The molecule has 25 heavy (non-hydrogen) atoms. The molecular weight excluding hydrogens is 430 g/mol. The summed E-state index contributed by atoms with van der Waals surface area (Å²) in [6, 6.07) is 5.32. The first-order valence-corrected chi connectivity index (χ1v) is 10.8. The molecule has 1 aliphatic rings. The van der Waals surface area contributed by atoms with Crippen LogP contribution in [0, 0.1) is 5.41 Å². The van der Waals surface area contributed by atoms with Gasteiger partial charge in [-0.1, -0.05) is 11.6 Å². The molecule has 1 N–H and O–H groups in total. The summed E-state index contributed by atoms with van der Waals surface area (Å²) in [6.07, 6.45) is 3.58. The Morgan fingerprint density at radius 1 is 1.48 bits per heavy atom. The molecule has 0 spiro atoms. The fourth-order valence-corrected chi connectivity index (χ4v) is 3.23. The molecule has 1 heterocycles. The average molecular weight is 451 g/mol. The molecule has 0 amide bonds. The number of piperidine rings is 1. The third-order valence-corrected chi connectivity index (χ3v) is 6.46. The zero-order chi connectivity index (χ0) is 18.6. The summed E-state index contributed by atoms with van der Waals surface area (Å²) in [5, 5.41) is 17.4. The molecule has 1 unspecified atom stereocenters. The van der Waals surface area contributed by atoms with E-state index in [1.807, 2.05) is 4.90 Å². The lowest BCUT2D eigenvalue weighted by molar-refractivity contribution is 0.234. The molecule has 0 aromatic heterocycles. The number of hydrogen-bond acceptors (Lipinski definition) is 5. The van der Waals surface area contributed by atoms with Gasteiger partial charge in [-0.2, -0.15) is 14.5 Å². The molecule has 1 aliphatic heterocycles. The standard InChI is InChI=1S/C15H21BrClN5O2S/c1-21(25(2,23)24)10-14(18)22-8-4-3-5-15(22)20-19-11-6-7-12(16)13(17)9-11/h6-7,9,15,18H,3-5,8,10H2,1-2H3/b18-14?,20-19+. The van der Waals surface area contributed by atoms with Crippen LogP contribution in [0.4, 0.5) is 5.69 Å². The van der Waals surface area contributed by atoms with Gasteiger partial charge in [-0.05, 0) is 53.4 Å². The molecule has 1 saturated heterocycles. The lowest BCUT2D eigenvalue weighted by Gasteiger charge is -2.35. The van der Waals surface area contributed by atoms with Gasteiger partial charge in [0.05, 0.1) is 23.5 Å². The van der Waals surface area contributed by atoms with Gasteiger partial charge in [0.1, 0.15) is 12.0 Å². The van der Waals surface area contributed by atoms with Crippen molar-refractivity contribution in [2.75, 3.05) is 26.4 Å². The van der Waals surface area contributed by atoms with Crippen LogP contribution in [0.15, 0.2) is 32.9 Å². The Bertz CT molecular complexity index is 771. The minimum atomic E-state index is -3.33. The first-order chi connectivity index (χ1) is 11.7. The summed E-state index contributed by atoms with van der Waals surface area (Å²) in [5.41, 5.74) is 0.638. The van der Waals surface area contributed by atoms with E-state index in [2.05, 4.69) is 26.2 Å². The third kappa shape index (κ3) is 5.73. The molecule has 0 radical (unpaired) electrons. The number of amidine groups is 1. The van der Waals surface area contributed by atoms with E-state index in [9.17, 15) is 8.42 Å². The van der Waals surface area contributed by atoms with Gasteiger partial charge in [-0.15, -0.1) is 0 Å². The van der Waals surface area contributed by atoms with E-state index in [4.69, 9.17) is 17.0 Å². The van der Waals surface area contributed by atoms with Crippen molar-refractivity contribution < 1.29 is 8.42 Å². The highest BCUT2D eigenvalue weighted by Gasteiger charge is 2.26. The third-order valence-electron chi connectivity index (χ3n) is 3.97. The molecular formula is C15H21BrClN5O2S. The maximum Gasteiger partial charge on any atom is 0.211 e. The number of rotatable bonds is 5. The summed E-state index contributed by atoms with van der Waals surface area (Å²) in [7, 11) is -1.86. The van der Waals surface area contributed by atoms with Crippen LogP contribution in [0.3, 0.4) is 0 Å². The minimum absolute atomic E-state index is 0.0228. The molecule has 1 aromatic rings. The number of benzene rings is 1. The second kappa shape index (κ2) is 8.57. The lowest BCUT2D eigenvalue weighted by Crippen LogP contribution is -2.47. The van der Waals surface area contributed by atoms with Crippen molar-refractivity contribution in [3.05, 3.63) is 27.7 Å². The molecule has 1 fully saturated rings. The zero-order valence-corrected chi connectivity index (χ0v) is 17.3. The normalized spacial score (nSPS) is 18.9. The van der Waals surface area contributed by atoms with E-state index in [1.54, 1.807) is 18.2 Å². The van der Waals surface area contributed by atoms with Gasteiger partial charge in [0.15, 0.2) is 0 Å². The topological polar surface area (TPSA) is 89.2 Å². The van der Waals surface area contributed by atoms with E-state index in [0.29, 0.717) is 17.3 Å². The number of nitrogens with one attached hydrogen (secondary N) is 1. The molecule has 138 valence electrons. The van der Waals surface area contributed by atoms with E-state index >= 15 is 0 Å². The summed E-state index contributed by atoms with van der Waals surface area (Å²) in [5.74, 6) is 0.227. The van der Waals surface area contributed by atoms with Gasteiger partial charge in [0.25, 0.3) is 0 Å². The predicted molar refractivity (Wildman–Crippen MR) is 103 cm³/mol. The quantitative estimate of drug-likeness (QED) is 0.419. The fourth-order valence-electron chi connectivity index (χ4n) is 2.45. The first-order valence-electron chi connectivity index (χ1n) is 7.80. The summed E-state index contributed by atoms with van der Waals surface area (Å²) >= 11 is 9.39. The minimum Gasteiger partial charge on any atom is -0.336 e. The van der Waals surface area contributed by atoms with E-state index < -0.39 is 10.0 Å². The molecule has 0 aliphatic carbocycles. The monoisotopic (exact) mass is 449 g/mol. The van der Waals surface area contributed by atoms with Crippen LogP contribution in [0.2, 0.25) is 5.02 Å². The van der Waals surface area contributed by atoms with Crippen LogP contribution < -0.4 is 0 Å². The van der Waals surface area contributed by atoms with Gasteiger partial charge in [-0.3, -0.25) is 5.41 Å². The SMILES string of the molecule is CN(CC(=N)N1CCCCC1/N=N/c1ccc(Br)c(Cl)c1)S(C)(=O)=O. The first kappa shape index (κ1) is 20.3. The number of likely N-dealkylation sites (tertiary alicyclic amines) is 1. The largest absolute Gasteiger partial charge is 0.336 e. The number of likely N-dealkylation sites (N-methyl/N-ethyl adjacent to an activating group) is 1. The lowest BCUT2D eigenvalue weighted by atomic mass is 10.1. The van der Waals surface area contributed by atoms with E-state index in [1.165, 1.54) is 7.05 Å². The number of azo groups is 1. The highest BCUT2D eigenvalue weighted by Crippen LogP contribution is 2.28. The van der Waals surface area contributed by atoms with Gasteiger partial charge < -0.3 is 4.90 Å². The van der Waals surface area contributed by atoms with Crippen LogP contribution in [-0.4, -0.2) is 56.0 Å². The van der Waals surface area contributed by atoms with Crippen molar-refractivity contribution in [3.8, 4) is 0 Å².